The van der Waals surface area contributed by atoms with Gasteiger partial charge in [-0.3, -0.25) is 4.79 Å². The van der Waals surface area contributed by atoms with Crippen molar-refractivity contribution >= 4 is 31.9 Å². The highest BCUT2D eigenvalue weighted by Crippen LogP contribution is 2.31. The number of halogens is 1. The lowest BCUT2D eigenvalue weighted by Gasteiger charge is -2.33. The van der Waals surface area contributed by atoms with E-state index in [0.29, 0.717) is 35.7 Å². The number of hydrogen-bond donors (Lipinski definition) is 2. The third-order valence-corrected chi connectivity index (χ3v) is 6.06. The third-order valence-electron chi connectivity index (χ3n) is 3.89. The van der Waals surface area contributed by atoms with Crippen LogP contribution in [-0.4, -0.2) is 25.0 Å². The molecular weight excluding hydrogens is 358 g/mol. The van der Waals surface area contributed by atoms with E-state index in [4.69, 9.17) is 0 Å². The van der Waals surface area contributed by atoms with Gasteiger partial charge in [-0.25, -0.2) is 8.42 Å². The molecule has 0 aromatic heterocycles. The van der Waals surface area contributed by atoms with Gasteiger partial charge < -0.3 is 5.11 Å². The lowest BCUT2D eigenvalue weighted by Crippen LogP contribution is -2.55. The topological polar surface area (TPSA) is 83.5 Å². The maximum atomic E-state index is 12.6. The van der Waals surface area contributed by atoms with Crippen LogP contribution in [0.5, 0.6) is 0 Å². The molecule has 0 atom stereocenters. The van der Waals surface area contributed by atoms with Crippen molar-refractivity contribution in [1.29, 1.82) is 0 Å². The van der Waals surface area contributed by atoms with Gasteiger partial charge in [0.15, 0.2) is 0 Å². The van der Waals surface area contributed by atoms with E-state index in [1.165, 1.54) is 6.07 Å². The zero-order chi connectivity index (χ0) is 15.7. The minimum Gasteiger partial charge on any atom is -0.480 e. The number of aryl methyl sites for hydroxylation is 1. The number of hydrogen-bond acceptors (Lipinski definition) is 3. The second-order valence-corrected chi connectivity index (χ2v) is 8.03. The Balaban J connectivity index is 2.39. The van der Waals surface area contributed by atoms with Crippen molar-refractivity contribution in [3.05, 3.63) is 28.2 Å². The number of aliphatic carboxylic acids is 1. The number of carboxylic acid groups (broad SMARTS) is 1. The molecule has 1 aliphatic carbocycles. The second-order valence-electron chi connectivity index (χ2n) is 5.46. The molecule has 2 N–H and O–H groups in total. The van der Waals surface area contributed by atoms with Crippen LogP contribution in [0.2, 0.25) is 0 Å². The van der Waals surface area contributed by atoms with Gasteiger partial charge in [-0.2, -0.15) is 4.72 Å². The van der Waals surface area contributed by atoms with Gasteiger partial charge in [0.2, 0.25) is 10.0 Å². The van der Waals surface area contributed by atoms with Crippen LogP contribution in [0.1, 0.15) is 37.7 Å². The van der Waals surface area contributed by atoms with E-state index in [1.807, 2.05) is 0 Å². The van der Waals surface area contributed by atoms with Crippen molar-refractivity contribution in [2.24, 2.45) is 0 Å². The molecule has 0 radical (unpaired) electrons. The van der Waals surface area contributed by atoms with E-state index in [2.05, 4.69) is 20.7 Å². The van der Waals surface area contributed by atoms with E-state index >= 15 is 0 Å². The quantitative estimate of drug-likeness (QED) is 0.847. The molecule has 21 heavy (non-hydrogen) atoms. The molecule has 0 unspecified atom stereocenters. The average molecular weight is 376 g/mol. The maximum absolute atomic E-state index is 12.6. The first-order valence-electron chi connectivity index (χ1n) is 6.80. The van der Waals surface area contributed by atoms with Crippen LogP contribution in [0.25, 0.3) is 0 Å². The van der Waals surface area contributed by atoms with E-state index < -0.39 is 21.5 Å². The molecule has 0 saturated heterocycles. The number of sulfonamides is 1. The minimum absolute atomic E-state index is 0.114. The Labute approximate surface area is 132 Å². The van der Waals surface area contributed by atoms with Crippen LogP contribution < -0.4 is 4.72 Å². The SMILES string of the molecule is Cc1ccc(Br)cc1S(=O)(=O)NC1(C(=O)O)CCCCC1. The lowest BCUT2D eigenvalue weighted by molar-refractivity contribution is -0.145. The van der Waals surface area contributed by atoms with E-state index in [1.54, 1.807) is 19.1 Å². The van der Waals surface area contributed by atoms with Crippen LogP contribution in [0.15, 0.2) is 27.6 Å². The monoisotopic (exact) mass is 375 g/mol. The number of rotatable bonds is 4. The summed E-state index contributed by atoms with van der Waals surface area (Å²) in [7, 11) is -3.88. The highest BCUT2D eigenvalue weighted by atomic mass is 79.9. The van der Waals surface area contributed by atoms with Gasteiger partial charge in [0.05, 0.1) is 4.90 Å². The Morgan fingerprint density at radius 2 is 1.90 bits per heavy atom. The van der Waals surface area contributed by atoms with Crippen molar-refractivity contribution in [2.45, 2.75) is 49.5 Å². The van der Waals surface area contributed by atoms with Crippen molar-refractivity contribution in [3.8, 4) is 0 Å². The van der Waals surface area contributed by atoms with E-state index in [0.717, 1.165) is 6.42 Å². The zero-order valence-electron chi connectivity index (χ0n) is 11.7. The predicted octanol–water partition coefficient (Wildman–Crippen LogP) is 2.82. The molecular formula is C14H18BrNO4S. The van der Waals surface area contributed by atoms with Crippen molar-refractivity contribution < 1.29 is 18.3 Å². The van der Waals surface area contributed by atoms with Crippen LogP contribution in [-0.2, 0) is 14.8 Å². The number of nitrogens with one attached hydrogen (secondary N) is 1. The third kappa shape index (κ3) is 3.46. The molecule has 1 aromatic carbocycles. The van der Waals surface area contributed by atoms with Crippen LogP contribution in [0, 0.1) is 6.92 Å². The summed E-state index contributed by atoms with van der Waals surface area (Å²) in [6.45, 7) is 1.69. The van der Waals surface area contributed by atoms with Gasteiger partial charge in [0.1, 0.15) is 5.54 Å². The Hall–Kier alpha value is -0.920. The van der Waals surface area contributed by atoms with E-state index in [-0.39, 0.29) is 4.90 Å². The van der Waals surface area contributed by atoms with Crippen molar-refractivity contribution in [2.75, 3.05) is 0 Å². The van der Waals surface area contributed by atoms with Crippen LogP contribution in [0.4, 0.5) is 0 Å². The highest BCUT2D eigenvalue weighted by Gasteiger charge is 2.43. The first kappa shape index (κ1) is 16.5. The number of carbonyl (C=O) groups is 1. The first-order valence-corrected chi connectivity index (χ1v) is 9.08. The summed E-state index contributed by atoms with van der Waals surface area (Å²) < 4.78 is 28.3. The van der Waals surface area contributed by atoms with E-state index in [9.17, 15) is 18.3 Å². The van der Waals surface area contributed by atoms with Crippen LogP contribution >= 0.6 is 15.9 Å². The summed E-state index contributed by atoms with van der Waals surface area (Å²) in [4.78, 5) is 11.7. The number of carboxylic acids is 1. The van der Waals surface area contributed by atoms with Gasteiger partial charge in [-0.05, 0) is 37.5 Å². The Bertz CT molecular complexity index is 651. The molecule has 0 spiro atoms. The summed E-state index contributed by atoms with van der Waals surface area (Å²) in [5, 5.41) is 9.49. The summed E-state index contributed by atoms with van der Waals surface area (Å²) >= 11 is 3.25. The molecule has 116 valence electrons. The summed E-state index contributed by atoms with van der Waals surface area (Å²) in [6, 6.07) is 4.94. The largest absolute Gasteiger partial charge is 0.480 e. The smallest absolute Gasteiger partial charge is 0.324 e. The summed E-state index contributed by atoms with van der Waals surface area (Å²) in [6.07, 6.45) is 3.02. The molecule has 1 fully saturated rings. The lowest BCUT2D eigenvalue weighted by atomic mass is 9.83. The second kappa shape index (κ2) is 6.06. The first-order chi connectivity index (χ1) is 9.77. The fraction of sp³-hybridized carbons (Fsp3) is 0.500. The molecule has 7 heteroatoms. The Morgan fingerprint density at radius 3 is 2.48 bits per heavy atom. The minimum atomic E-state index is -3.88. The predicted molar refractivity (Wildman–Crippen MR) is 82.7 cm³/mol. The fourth-order valence-electron chi connectivity index (χ4n) is 2.69. The molecule has 0 heterocycles. The Kier molecular flexibility index (Phi) is 4.75. The van der Waals surface area contributed by atoms with Gasteiger partial charge in [0.25, 0.3) is 0 Å². The standard InChI is InChI=1S/C14H18BrNO4S/c1-10-5-6-11(15)9-12(10)21(19,20)16-14(13(17)18)7-3-2-4-8-14/h5-6,9,16H,2-4,7-8H2,1H3,(H,17,18). The molecule has 2 rings (SSSR count). The average Bonchev–Trinajstić information content (AvgIpc) is 2.42. The molecule has 5 nitrogen and oxygen atoms in total. The molecule has 0 amide bonds. The highest BCUT2D eigenvalue weighted by molar-refractivity contribution is 9.10. The normalized spacial score (nSPS) is 18.4. The van der Waals surface area contributed by atoms with Gasteiger partial charge in [-0.15, -0.1) is 0 Å². The van der Waals surface area contributed by atoms with Crippen molar-refractivity contribution in [3.63, 3.8) is 0 Å². The Morgan fingerprint density at radius 1 is 1.29 bits per heavy atom. The molecule has 1 aliphatic rings. The zero-order valence-corrected chi connectivity index (χ0v) is 14.1. The molecule has 0 aliphatic heterocycles. The number of benzene rings is 1. The molecule has 1 saturated carbocycles. The van der Waals surface area contributed by atoms with Gasteiger partial charge in [-0.1, -0.05) is 41.3 Å². The summed E-state index contributed by atoms with van der Waals surface area (Å²) in [5.74, 6) is -1.10. The van der Waals surface area contributed by atoms with Crippen molar-refractivity contribution in [1.82, 2.24) is 4.72 Å². The molecule has 1 aromatic rings. The molecule has 0 bridgehead atoms. The van der Waals surface area contributed by atoms with Crippen LogP contribution in [0.3, 0.4) is 0 Å². The maximum Gasteiger partial charge on any atom is 0.324 e. The summed E-state index contributed by atoms with van der Waals surface area (Å²) in [5.41, 5.74) is -0.798. The van der Waals surface area contributed by atoms with Gasteiger partial charge >= 0.3 is 5.97 Å². The fourth-order valence-corrected chi connectivity index (χ4v) is 4.89. The van der Waals surface area contributed by atoms with Gasteiger partial charge in [0, 0.05) is 4.47 Å².